The first-order valence-electron chi connectivity index (χ1n) is 9.81. The summed E-state index contributed by atoms with van der Waals surface area (Å²) in [5.41, 5.74) is 4.55. The van der Waals surface area contributed by atoms with Crippen molar-refractivity contribution in [2.24, 2.45) is 0 Å². The predicted octanol–water partition coefficient (Wildman–Crippen LogP) is 6.62. The second kappa shape index (κ2) is 13.8. The standard InChI is InChI=1S/C24H36O4/c1-17(2)9-7-11-19(5)13-15-21(23(25)26)22(24(27)28)16-14-20(6)12-8-10-18(3)4/h9-10,13-14H,7-8,11-12,15-16H2,1-6H3,(H,25,26)(H,27,28). The molecular weight excluding hydrogens is 352 g/mol. The largest absolute Gasteiger partial charge is 0.478 e. The van der Waals surface area contributed by atoms with Gasteiger partial charge in [0.25, 0.3) is 0 Å². The van der Waals surface area contributed by atoms with Gasteiger partial charge in [-0.05, 0) is 80.1 Å². The lowest BCUT2D eigenvalue weighted by molar-refractivity contribution is -0.136. The molecule has 0 aliphatic carbocycles. The topological polar surface area (TPSA) is 74.6 Å². The fourth-order valence-corrected chi connectivity index (χ4v) is 2.61. The lowest BCUT2D eigenvalue weighted by Crippen LogP contribution is -2.11. The van der Waals surface area contributed by atoms with E-state index in [1.807, 2.05) is 53.7 Å². The number of rotatable bonds is 12. The first kappa shape index (κ1) is 25.6. The Labute approximate surface area is 170 Å². The zero-order valence-corrected chi connectivity index (χ0v) is 18.3. The van der Waals surface area contributed by atoms with E-state index in [1.165, 1.54) is 11.1 Å². The average Bonchev–Trinajstić information content (AvgIpc) is 2.56. The maximum Gasteiger partial charge on any atom is 0.332 e. The van der Waals surface area contributed by atoms with Gasteiger partial charge in [-0.25, -0.2) is 9.59 Å². The maximum absolute atomic E-state index is 11.7. The maximum atomic E-state index is 11.7. The van der Waals surface area contributed by atoms with Crippen LogP contribution in [0.15, 0.2) is 57.7 Å². The molecule has 0 unspecified atom stereocenters. The van der Waals surface area contributed by atoms with Crippen molar-refractivity contribution in [1.82, 2.24) is 0 Å². The molecule has 0 heterocycles. The fraction of sp³-hybridized carbons (Fsp3) is 0.500. The lowest BCUT2D eigenvalue weighted by atomic mass is 9.98. The minimum Gasteiger partial charge on any atom is -0.478 e. The molecule has 0 saturated heterocycles. The summed E-state index contributed by atoms with van der Waals surface area (Å²) < 4.78 is 0. The second-order valence-corrected chi connectivity index (χ2v) is 7.72. The highest BCUT2D eigenvalue weighted by Gasteiger charge is 2.18. The third-order valence-corrected chi connectivity index (χ3v) is 4.37. The summed E-state index contributed by atoms with van der Waals surface area (Å²) >= 11 is 0. The Morgan fingerprint density at radius 1 is 0.607 bits per heavy atom. The summed E-state index contributed by atoms with van der Waals surface area (Å²) in [6, 6.07) is 0. The number of hydrogen-bond acceptors (Lipinski definition) is 2. The van der Waals surface area contributed by atoms with Gasteiger partial charge in [-0.1, -0.05) is 46.6 Å². The van der Waals surface area contributed by atoms with Crippen molar-refractivity contribution in [2.75, 3.05) is 0 Å². The summed E-state index contributed by atoms with van der Waals surface area (Å²) in [5.74, 6) is -2.33. The highest BCUT2D eigenvalue weighted by Crippen LogP contribution is 2.19. The molecule has 0 saturated carbocycles. The minimum absolute atomic E-state index is 0.0394. The summed E-state index contributed by atoms with van der Waals surface area (Å²) in [7, 11) is 0. The van der Waals surface area contributed by atoms with Crippen molar-refractivity contribution < 1.29 is 19.8 Å². The van der Waals surface area contributed by atoms with Crippen LogP contribution in [-0.2, 0) is 9.59 Å². The number of carboxylic acids is 2. The van der Waals surface area contributed by atoms with Gasteiger partial charge in [0.1, 0.15) is 0 Å². The molecular formula is C24H36O4. The van der Waals surface area contributed by atoms with Crippen LogP contribution >= 0.6 is 0 Å². The van der Waals surface area contributed by atoms with Gasteiger partial charge < -0.3 is 10.2 Å². The Hall–Kier alpha value is -2.36. The van der Waals surface area contributed by atoms with Gasteiger partial charge in [0.15, 0.2) is 0 Å². The average molecular weight is 389 g/mol. The van der Waals surface area contributed by atoms with Crippen LogP contribution < -0.4 is 0 Å². The van der Waals surface area contributed by atoms with Crippen LogP contribution in [0.4, 0.5) is 0 Å². The van der Waals surface area contributed by atoms with E-state index < -0.39 is 11.9 Å². The molecule has 0 aliphatic rings. The van der Waals surface area contributed by atoms with E-state index in [0.29, 0.717) is 0 Å². The van der Waals surface area contributed by atoms with Gasteiger partial charge in [-0.2, -0.15) is 0 Å². The summed E-state index contributed by atoms with van der Waals surface area (Å²) in [6.45, 7) is 12.1. The van der Waals surface area contributed by atoms with Gasteiger partial charge in [0, 0.05) is 0 Å². The van der Waals surface area contributed by atoms with E-state index in [9.17, 15) is 19.8 Å². The van der Waals surface area contributed by atoms with Gasteiger partial charge in [0.2, 0.25) is 0 Å². The number of carbonyl (C=O) groups is 2. The highest BCUT2D eigenvalue weighted by molar-refractivity contribution is 5.99. The summed E-state index contributed by atoms with van der Waals surface area (Å²) in [5, 5.41) is 19.1. The molecule has 4 nitrogen and oxygen atoms in total. The van der Waals surface area contributed by atoms with Crippen molar-refractivity contribution in [3.63, 3.8) is 0 Å². The first-order chi connectivity index (χ1) is 13.0. The van der Waals surface area contributed by atoms with Crippen LogP contribution in [0.3, 0.4) is 0 Å². The zero-order chi connectivity index (χ0) is 21.7. The molecule has 28 heavy (non-hydrogen) atoms. The molecule has 0 radical (unpaired) electrons. The Kier molecular flexibility index (Phi) is 12.6. The predicted molar refractivity (Wildman–Crippen MR) is 116 cm³/mol. The molecule has 0 fully saturated rings. The molecule has 0 atom stereocenters. The van der Waals surface area contributed by atoms with Crippen LogP contribution in [0.25, 0.3) is 0 Å². The molecule has 0 aromatic carbocycles. The third kappa shape index (κ3) is 12.1. The Balaban J connectivity index is 5.31. The van der Waals surface area contributed by atoms with Gasteiger partial charge in [0.05, 0.1) is 11.1 Å². The molecule has 156 valence electrons. The summed E-state index contributed by atoms with van der Waals surface area (Å²) in [4.78, 5) is 23.3. The van der Waals surface area contributed by atoms with E-state index >= 15 is 0 Å². The molecule has 4 heteroatoms. The highest BCUT2D eigenvalue weighted by atomic mass is 16.4. The molecule has 0 bridgehead atoms. The van der Waals surface area contributed by atoms with Crippen LogP contribution in [0, 0.1) is 0 Å². The molecule has 0 aliphatic heterocycles. The summed E-state index contributed by atoms with van der Waals surface area (Å²) in [6.07, 6.45) is 11.7. The van der Waals surface area contributed by atoms with Gasteiger partial charge in [-0.15, -0.1) is 0 Å². The third-order valence-electron chi connectivity index (χ3n) is 4.37. The van der Waals surface area contributed by atoms with Crippen molar-refractivity contribution in [2.45, 2.75) is 80.1 Å². The van der Waals surface area contributed by atoms with E-state index in [0.717, 1.165) is 36.8 Å². The van der Waals surface area contributed by atoms with Gasteiger partial charge >= 0.3 is 11.9 Å². The Bertz CT molecular complexity index is 632. The monoisotopic (exact) mass is 388 g/mol. The lowest BCUT2D eigenvalue weighted by Gasteiger charge is -2.07. The van der Waals surface area contributed by atoms with E-state index in [1.54, 1.807) is 0 Å². The molecule has 0 rings (SSSR count). The van der Waals surface area contributed by atoms with E-state index in [-0.39, 0.29) is 24.0 Å². The number of allylic oxidation sites excluding steroid dienone is 8. The normalized spacial score (nSPS) is 12.9. The molecule has 0 amide bonds. The quantitative estimate of drug-likeness (QED) is 0.291. The zero-order valence-electron chi connectivity index (χ0n) is 18.3. The van der Waals surface area contributed by atoms with Crippen LogP contribution in [-0.4, -0.2) is 22.2 Å². The van der Waals surface area contributed by atoms with Crippen LogP contribution in [0.5, 0.6) is 0 Å². The van der Waals surface area contributed by atoms with E-state index in [2.05, 4.69) is 12.2 Å². The number of hydrogen-bond donors (Lipinski definition) is 2. The fourth-order valence-electron chi connectivity index (χ4n) is 2.61. The van der Waals surface area contributed by atoms with E-state index in [4.69, 9.17) is 0 Å². The van der Waals surface area contributed by atoms with Crippen molar-refractivity contribution in [3.8, 4) is 0 Å². The number of aliphatic carboxylic acids is 2. The number of carboxylic acid groups (broad SMARTS) is 2. The first-order valence-corrected chi connectivity index (χ1v) is 9.81. The van der Waals surface area contributed by atoms with Crippen LogP contribution in [0.1, 0.15) is 80.1 Å². The molecule has 2 N–H and O–H groups in total. The van der Waals surface area contributed by atoms with Crippen LogP contribution in [0.2, 0.25) is 0 Å². The van der Waals surface area contributed by atoms with Crippen molar-refractivity contribution in [1.29, 1.82) is 0 Å². The SMILES string of the molecule is CC(C)=CCCC(C)=CCC(C(=O)O)=C(CC=C(C)CCC=C(C)C)C(=O)O. The molecule has 0 spiro atoms. The van der Waals surface area contributed by atoms with Crippen molar-refractivity contribution >= 4 is 11.9 Å². The van der Waals surface area contributed by atoms with Crippen molar-refractivity contribution in [3.05, 3.63) is 57.7 Å². The smallest absolute Gasteiger partial charge is 0.332 e. The minimum atomic E-state index is -1.17. The Morgan fingerprint density at radius 2 is 0.929 bits per heavy atom. The van der Waals surface area contributed by atoms with Gasteiger partial charge in [-0.3, -0.25) is 0 Å². The molecule has 0 aromatic heterocycles. The Morgan fingerprint density at radius 3 is 1.18 bits per heavy atom. The molecule has 0 aromatic rings. The second-order valence-electron chi connectivity index (χ2n) is 7.72.